The molecule has 5 aromatic rings. The minimum atomic E-state index is -0.428. The summed E-state index contributed by atoms with van der Waals surface area (Å²) in [5, 5.41) is 13.1. The Morgan fingerprint density at radius 1 is 1.07 bits per heavy atom. The third-order valence-corrected chi connectivity index (χ3v) is 10.5. The molecule has 0 amide bonds. The van der Waals surface area contributed by atoms with E-state index in [0.29, 0.717) is 19.6 Å². The average Bonchev–Trinajstić information content (AvgIpc) is 3.64. The summed E-state index contributed by atoms with van der Waals surface area (Å²) >= 11 is 10.2. The topological polar surface area (TPSA) is 86.7 Å². The molecule has 2 aliphatic rings. The van der Waals surface area contributed by atoms with Crippen molar-refractivity contribution < 1.29 is 9.66 Å². The van der Waals surface area contributed by atoms with E-state index in [-0.39, 0.29) is 23.9 Å². The standard InChI is InChI=1S/C32H21Br2N3O4S2/c33-21-14-20(30(25(34)16-21)41-17-18-7-10-22(11-8-18)37(39)40)15-27-31(38)36-29(26-6-3-13-42-26)24-12-9-19-4-1-2-5-23(19)28(24)35-32(36)43-27/h1-8,10-11,13-16,29H,9,12,17H2/b27-15+/t29-/m0/s1. The Labute approximate surface area is 270 Å². The molecule has 1 aliphatic carbocycles. The van der Waals surface area contributed by atoms with Gasteiger partial charge in [-0.15, -0.1) is 11.3 Å². The zero-order chi connectivity index (χ0) is 29.7. The molecule has 11 heteroatoms. The summed E-state index contributed by atoms with van der Waals surface area (Å²) in [6, 6.07) is 22.4. The van der Waals surface area contributed by atoms with Crippen LogP contribution in [0.4, 0.5) is 5.69 Å². The first-order valence-corrected chi connectivity index (χ1v) is 16.7. The van der Waals surface area contributed by atoms with Crippen molar-refractivity contribution >= 4 is 72.0 Å². The molecule has 214 valence electrons. The number of fused-ring (bicyclic) bond motifs is 3. The van der Waals surface area contributed by atoms with Crippen LogP contribution in [0.3, 0.4) is 0 Å². The molecule has 0 fully saturated rings. The van der Waals surface area contributed by atoms with E-state index in [1.54, 1.807) is 23.5 Å². The lowest BCUT2D eigenvalue weighted by Gasteiger charge is -2.30. The van der Waals surface area contributed by atoms with Gasteiger partial charge in [-0.25, -0.2) is 4.99 Å². The number of hydrogen-bond donors (Lipinski definition) is 0. The number of halogens is 2. The zero-order valence-corrected chi connectivity index (χ0v) is 27.1. The molecule has 1 atom stereocenters. The number of nitro groups is 1. The summed E-state index contributed by atoms with van der Waals surface area (Å²) in [6.07, 6.45) is 3.62. The van der Waals surface area contributed by atoms with Crippen molar-refractivity contribution in [2.24, 2.45) is 4.99 Å². The molecule has 1 aliphatic heterocycles. The third kappa shape index (κ3) is 5.24. The lowest BCUT2D eigenvalue weighted by molar-refractivity contribution is -0.384. The number of thiophene rings is 1. The lowest BCUT2D eigenvalue weighted by atomic mass is 9.85. The molecule has 7 rings (SSSR count). The second-order valence-electron chi connectivity index (χ2n) is 10.1. The van der Waals surface area contributed by atoms with Crippen molar-refractivity contribution in [3.63, 3.8) is 0 Å². The maximum atomic E-state index is 14.1. The summed E-state index contributed by atoms with van der Waals surface area (Å²) < 4.78 is 10.2. The van der Waals surface area contributed by atoms with E-state index in [9.17, 15) is 14.9 Å². The van der Waals surface area contributed by atoms with Gasteiger partial charge in [0.1, 0.15) is 12.4 Å². The van der Waals surface area contributed by atoms with Crippen LogP contribution >= 0.6 is 54.5 Å². The van der Waals surface area contributed by atoms with E-state index >= 15 is 0 Å². The van der Waals surface area contributed by atoms with Crippen molar-refractivity contribution in [3.05, 3.63) is 150 Å². The van der Waals surface area contributed by atoms with E-state index < -0.39 is 4.92 Å². The molecule has 3 heterocycles. The Balaban J connectivity index is 1.33. The molecule has 0 saturated heterocycles. The summed E-state index contributed by atoms with van der Waals surface area (Å²) in [5.74, 6) is 0.565. The molecule has 0 unspecified atom stereocenters. The van der Waals surface area contributed by atoms with Crippen LogP contribution in [0.2, 0.25) is 0 Å². The highest BCUT2D eigenvalue weighted by Crippen LogP contribution is 2.42. The number of aromatic nitrogens is 1. The fourth-order valence-corrected chi connectivity index (χ4v) is 8.78. The number of benzene rings is 3. The van der Waals surface area contributed by atoms with Gasteiger partial charge in [-0.3, -0.25) is 19.5 Å². The van der Waals surface area contributed by atoms with Gasteiger partial charge < -0.3 is 4.74 Å². The fourth-order valence-electron chi connectivity index (χ4n) is 5.57. The predicted octanol–water partition coefficient (Wildman–Crippen LogP) is 7.39. The molecule has 0 radical (unpaired) electrons. The van der Waals surface area contributed by atoms with E-state index in [0.717, 1.165) is 44.6 Å². The van der Waals surface area contributed by atoms with Crippen LogP contribution in [0.15, 0.2) is 102 Å². The van der Waals surface area contributed by atoms with Gasteiger partial charge in [-0.1, -0.05) is 57.6 Å². The maximum absolute atomic E-state index is 14.1. The number of allylic oxidation sites excluding steroid dienone is 1. The van der Waals surface area contributed by atoms with Crippen molar-refractivity contribution in [2.75, 3.05) is 0 Å². The van der Waals surface area contributed by atoms with E-state index in [2.05, 4.69) is 61.5 Å². The zero-order valence-electron chi connectivity index (χ0n) is 22.3. The van der Waals surface area contributed by atoms with Crippen LogP contribution in [0, 0.1) is 10.1 Å². The van der Waals surface area contributed by atoms with Crippen molar-refractivity contribution in [2.45, 2.75) is 25.5 Å². The van der Waals surface area contributed by atoms with Gasteiger partial charge in [0.05, 0.1) is 25.7 Å². The van der Waals surface area contributed by atoms with Gasteiger partial charge in [0.2, 0.25) is 0 Å². The number of hydrogen-bond acceptors (Lipinski definition) is 7. The van der Waals surface area contributed by atoms with Gasteiger partial charge in [0.15, 0.2) is 4.80 Å². The fraction of sp³-hybridized carbons (Fsp3) is 0.125. The highest BCUT2D eigenvalue weighted by Gasteiger charge is 2.33. The molecule has 0 saturated carbocycles. The Morgan fingerprint density at radius 2 is 1.88 bits per heavy atom. The largest absolute Gasteiger partial charge is 0.487 e. The number of ether oxygens (including phenoxy) is 1. The summed E-state index contributed by atoms with van der Waals surface area (Å²) in [4.78, 5) is 31.6. The Kier molecular flexibility index (Phi) is 7.50. The average molecular weight is 735 g/mol. The van der Waals surface area contributed by atoms with E-state index in [1.165, 1.54) is 34.6 Å². The molecule has 0 bridgehead atoms. The number of nitrogens with zero attached hydrogens (tertiary/aromatic N) is 3. The minimum Gasteiger partial charge on any atom is -0.487 e. The molecule has 3 aromatic carbocycles. The van der Waals surface area contributed by atoms with Gasteiger partial charge in [-0.05, 0) is 87.3 Å². The number of thiazole rings is 1. The Bertz CT molecular complexity index is 2120. The van der Waals surface area contributed by atoms with Crippen molar-refractivity contribution in [3.8, 4) is 5.75 Å². The van der Waals surface area contributed by atoms with Gasteiger partial charge >= 0.3 is 0 Å². The highest BCUT2D eigenvalue weighted by atomic mass is 79.9. The van der Waals surface area contributed by atoms with Crippen LogP contribution in [0.5, 0.6) is 5.75 Å². The van der Waals surface area contributed by atoms with Crippen LogP contribution in [-0.4, -0.2) is 9.49 Å². The highest BCUT2D eigenvalue weighted by molar-refractivity contribution is 9.11. The second-order valence-corrected chi connectivity index (χ2v) is 13.9. The maximum Gasteiger partial charge on any atom is 0.271 e. The Hall–Kier alpha value is -3.64. The normalized spacial score (nSPS) is 15.9. The molecule has 7 nitrogen and oxygen atoms in total. The first kappa shape index (κ1) is 28.1. The van der Waals surface area contributed by atoms with Crippen LogP contribution in [-0.2, 0) is 13.0 Å². The number of aryl methyl sites for hydroxylation is 1. The van der Waals surface area contributed by atoms with Crippen molar-refractivity contribution in [1.29, 1.82) is 0 Å². The summed E-state index contributed by atoms with van der Waals surface area (Å²) in [5.41, 5.74) is 6.01. The number of non-ortho nitro benzene ring substituents is 1. The summed E-state index contributed by atoms with van der Waals surface area (Å²) in [6.45, 7) is 0.199. The van der Waals surface area contributed by atoms with Crippen molar-refractivity contribution in [1.82, 2.24) is 4.57 Å². The SMILES string of the molecule is O=c1/c(=C\c2cc(Br)cc(Br)c2OCc2ccc([N+](=O)[O-])cc2)sc2n1[C@H](c1cccs1)C1=C(N=2)c2ccccc2CC1. The van der Waals surface area contributed by atoms with Gasteiger partial charge in [-0.2, -0.15) is 0 Å². The molecule has 0 N–H and O–H groups in total. The molecular formula is C32H21Br2N3O4S2. The van der Waals surface area contributed by atoms with E-state index in [4.69, 9.17) is 9.73 Å². The quantitative estimate of drug-likeness (QED) is 0.135. The molecule has 43 heavy (non-hydrogen) atoms. The monoisotopic (exact) mass is 733 g/mol. The predicted molar refractivity (Wildman–Crippen MR) is 176 cm³/mol. The third-order valence-electron chi connectivity index (χ3n) is 7.54. The first-order chi connectivity index (χ1) is 20.9. The van der Waals surface area contributed by atoms with Gasteiger partial charge in [0, 0.05) is 32.6 Å². The Morgan fingerprint density at radius 3 is 2.65 bits per heavy atom. The van der Waals surface area contributed by atoms with Crippen LogP contribution < -0.4 is 19.6 Å². The number of rotatable bonds is 6. The van der Waals surface area contributed by atoms with Gasteiger partial charge in [0.25, 0.3) is 11.2 Å². The molecule has 2 aromatic heterocycles. The number of nitro benzene ring substituents is 1. The lowest BCUT2D eigenvalue weighted by Crippen LogP contribution is -2.38. The first-order valence-electron chi connectivity index (χ1n) is 13.4. The molecule has 0 spiro atoms. The minimum absolute atomic E-state index is 0.0238. The molecular weight excluding hydrogens is 714 g/mol. The summed E-state index contributed by atoms with van der Waals surface area (Å²) in [7, 11) is 0. The van der Waals surface area contributed by atoms with Crippen LogP contribution in [0.1, 0.15) is 39.6 Å². The second kappa shape index (κ2) is 11.5. The smallest absolute Gasteiger partial charge is 0.271 e. The van der Waals surface area contributed by atoms with E-state index in [1.807, 2.05) is 34.9 Å². The van der Waals surface area contributed by atoms with Crippen LogP contribution in [0.25, 0.3) is 11.8 Å².